The fourth-order valence-corrected chi connectivity index (χ4v) is 9.91. The molecule has 0 aliphatic carbocycles. The van der Waals surface area contributed by atoms with Crippen LogP contribution in [0.4, 0.5) is 11.4 Å². The van der Waals surface area contributed by atoms with Gasteiger partial charge in [-0.05, 0) is 92.8 Å². The van der Waals surface area contributed by atoms with Crippen molar-refractivity contribution in [3.8, 4) is 16.8 Å². The highest BCUT2D eigenvalue weighted by molar-refractivity contribution is 6.94. The standard InChI is InChI=1S/C50H33BN2O2/c1-50(2,3)30-16-18-31(19-17-30)53-42-23-29-11-5-4-10-28(29)22-36(42)34-20-21-35-37-24-38-32-12-6-8-14-44(32)55-47(38)27-41(37)52-43-25-39-33-13-7-9-15-45(33)54-46(39)26-40(43)51(53)48(34)49(35)52/h4-27H,1-3H3. The SMILES string of the molecule is CC(C)(C)c1ccc(N2B3c4cc5oc6ccccc6c5cc4-n4c5cc6oc7ccccc7c6cc5c5ccc(c3c54)-c3cc4ccccc4cc32)cc1. The molecule has 11 aromatic rings. The third kappa shape index (κ3) is 3.82. The predicted molar refractivity (Wildman–Crippen MR) is 231 cm³/mol. The largest absolute Gasteiger partial charge is 0.456 e. The molecule has 2 aliphatic heterocycles. The maximum atomic E-state index is 6.66. The van der Waals surface area contributed by atoms with E-state index in [1.54, 1.807) is 0 Å². The van der Waals surface area contributed by atoms with Crippen LogP contribution in [0.1, 0.15) is 26.3 Å². The molecule has 0 N–H and O–H groups in total. The maximum absolute atomic E-state index is 6.66. The van der Waals surface area contributed by atoms with Gasteiger partial charge in [0.25, 0.3) is 0 Å². The average Bonchev–Trinajstić information content (AvgIpc) is 3.86. The van der Waals surface area contributed by atoms with Crippen molar-refractivity contribution < 1.29 is 8.83 Å². The first-order chi connectivity index (χ1) is 26.9. The van der Waals surface area contributed by atoms with E-state index in [9.17, 15) is 0 Å². The molecular weight excluding hydrogens is 671 g/mol. The quantitative estimate of drug-likeness (QED) is 0.160. The molecule has 0 saturated carbocycles. The van der Waals surface area contributed by atoms with Crippen LogP contribution in [-0.4, -0.2) is 11.4 Å². The van der Waals surface area contributed by atoms with Crippen LogP contribution in [0, 0.1) is 0 Å². The van der Waals surface area contributed by atoms with E-state index in [2.05, 4.69) is 170 Å². The van der Waals surface area contributed by atoms with Gasteiger partial charge in [0.2, 0.25) is 0 Å². The lowest BCUT2D eigenvalue weighted by atomic mass is 9.44. The van der Waals surface area contributed by atoms with Crippen LogP contribution in [0.15, 0.2) is 154 Å². The number of furan rings is 2. The molecule has 0 bridgehead atoms. The number of anilines is 2. The molecule has 55 heavy (non-hydrogen) atoms. The first-order valence-electron chi connectivity index (χ1n) is 19.2. The summed E-state index contributed by atoms with van der Waals surface area (Å²) in [6.45, 7) is 6.74. The average molecular weight is 705 g/mol. The summed E-state index contributed by atoms with van der Waals surface area (Å²) in [5.41, 5.74) is 16.0. The smallest absolute Gasteiger partial charge is 0.333 e. The van der Waals surface area contributed by atoms with Gasteiger partial charge in [0, 0.05) is 61.0 Å². The highest BCUT2D eigenvalue weighted by Gasteiger charge is 2.44. The summed E-state index contributed by atoms with van der Waals surface area (Å²) in [5, 5.41) is 9.48. The molecule has 0 amide bonds. The first-order valence-corrected chi connectivity index (χ1v) is 19.2. The minimum absolute atomic E-state index is 0.0447. The Morgan fingerprint density at radius 3 is 1.87 bits per heavy atom. The van der Waals surface area contributed by atoms with Gasteiger partial charge < -0.3 is 18.2 Å². The normalized spacial score (nSPS) is 13.7. The summed E-state index contributed by atoms with van der Waals surface area (Å²) in [6, 6.07) is 53.7. The van der Waals surface area contributed by atoms with Crippen molar-refractivity contribution >= 4 is 106 Å². The van der Waals surface area contributed by atoms with Gasteiger partial charge in [0.05, 0.1) is 11.0 Å². The molecule has 8 aromatic carbocycles. The Balaban J connectivity index is 1.22. The van der Waals surface area contributed by atoms with Crippen molar-refractivity contribution in [2.75, 3.05) is 4.81 Å². The number of benzene rings is 8. The van der Waals surface area contributed by atoms with Crippen molar-refractivity contribution in [2.45, 2.75) is 26.2 Å². The predicted octanol–water partition coefficient (Wildman–Crippen LogP) is 12.3. The first kappa shape index (κ1) is 29.7. The van der Waals surface area contributed by atoms with Crippen molar-refractivity contribution in [3.63, 3.8) is 0 Å². The second kappa shape index (κ2) is 10.1. The number of hydrogen-bond donors (Lipinski definition) is 0. The lowest BCUT2D eigenvalue weighted by molar-refractivity contribution is 0.590. The fraction of sp³-hybridized carbons (Fsp3) is 0.0800. The van der Waals surface area contributed by atoms with E-state index in [-0.39, 0.29) is 12.3 Å². The van der Waals surface area contributed by atoms with Crippen LogP contribution in [0.25, 0.3) is 93.3 Å². The number of para-hydroxylation sites is 2. The van der Waals surface area contributed by atoms with E-state index in [0.29, 0.717) is 0 Å². The number of hydrogen-bond acceptors (Lipinski definition) is 3. The van der Waals surface area contributed by atoms with Gasteiger partial charge in [-0.1, -0.05) is 106 Å². The third-order valence-corrected chi connectivity index (χ3v) is 12.5. The lowest BCUT2D eigenvalue weighted by Gasteiger charge is -2.42. The Bertz CT molecular complexity index is 3490. The Kier molecular flexibility index (Phi) is 5.44. The molecule has 3 aromatic heterocycles. The molecule has 5 heteroatoms. The van der Waals surface area contributed by atoms with Gasteiger partial charge >= 0.3 is 6.85 Å². The molecule has 0 atom stereocenters. The Morgan fingerprint density at radius 1 is 0.491 bits per heavy atom. The molecule has 13 rings (SSSR count). The Labute approximate surface area is 316 Å². The van der Waals surface area contributed by atoms with Crippen molar-refractivity contribution in [2.24, 2.45) is 0 Å². The third-order valence-electron chi connectivity index (χ3n) is 12.5. The van der Waals surface area contributed by atoms with Gasteiger partial charge in [-0.3, -0.25) is 0 Å². The van der Waals surface area contributed by atoms with Crippen molar-refractivity contribution in [1.29, 1.82) is 0 Å². The minimum atomic E-state index is -0.110. The summed E-state index contributed by atoms with van der Waals surface area (Å²) >= 11 is 0. The highest BCUT2D eigenvalue weighted by atomic mass is 16.3. The monoisotopic (exact) mass is 704 g/mol. The molecule has 0 unspecified atom stereocenters. The molecule has 0 fully saturated rings. The van der Waals surface area contributed by atoms with Crippen LogP contribution in [-0.2, 0) is 5.41 Å². The summed E-state index contributed by atoms with van der Waals surface area (Å²) in [7, 11) is 0. The van der Waals surface area contributed by atoms with Gasteiger partial charge in [-0.2, -0.15) is 0 Å². The number of rotatable bonds is 1. The van der Waals surface area contributed by atoms with Crippen LogP contribution >= 0.6 is 0 Å². The molecule has 5 heterocycles. The van der Waals surface area contributed by atoms with Gasteiger partial charge in [-0.15, -0.1) is 0 Å². The summed E-state index contributed by atoms with van der Waals surface area (Å²) in [4.78, 5) is 2.60. The number of fused-ring (bicyclic) bond motifs is 15. The summed E-state index contributed by atoms with van der Waals surface area (Å²) in [6.07, 6.45) is 0. The van der Waals surface area contributed by atoms with Crippen LogP contribution in [0.2, 0.25) is 0 Å². The van der Waals surface area contributed by atoms with Crippen molar-refractivity contribution in [3.05, 3.63) is 151 Å². The van der Waals surface area contributed by atoms with E-state index in [0.717, 1.165) is 49.4 Å². The number of nitrogens with zero attached hydrogens (tertiary/aromatic N) is 2. The molecular formula is C50H33BN2O2. The van der Waals surface area contributed by atoms with E-state index in [1.807, 2.05) is 6.07 Å². The van der Waals surface area contributed by atoms with Gasteiger partial charge in [-0.25, -0.2) is 0 Å². The molecule has 4 nitrogen and oxygen atoms in total. The molecule has 0 spiro atoms. The van der Waals surface area contributed by atoms with Crippen LogP contribution in [0.3, 0.4) is 0 Å². The Morgan fingerprint density at radius 2 is 1.15 bits per heavy atom. The zero-order valence-electron chi connectivity index (χ0n) is 30.6. The topological polar surface area (TPSA) is 34.5 Å². The van der Waals surface area contributed by atoms with Crippen LogP contribution in [0.5, 0.6) is 0 Å². The summed E-state index contributed by atoms with van der Waals surface area (Å²) < 4.78 is 15.7. The maximum Gasteiger partial charge on any atom is 0.333 e. The lowest BCUT2D eigenvalue weighted by Crippen LogP contribution is -2.60. The zero-order chi connectivity index (χ0) is 36.3. The van der Waals surface area contributed by atoms with Crippen molar-refractivity contribution in [1.82, 2.24) is 4.57 Å². The highest BCUT2D eigenvalue weighted by Crippen LogP contribution is 2.48. The van der Waals surface area contributed by atoms with Gasteiger partial charge in [0.15, 0.2) is 0 Å². The number of aromatic nitrogens is 1. The second-order valence-corrected chi connectivity index (χ2v) is 16.5. The Hall–Kier alpha value is -6.72. The zero-order valence-corrected chi connectivity index (χ0v) is 30.6. The van der Waals surface area contributed by atoms with E-state index < -0.39 is 0 Å². The van der Waals surface area contributed by atoms with E-state index >= 15 is 0 Å². The fourth-order valence-electron chi connectivity index (χ4n) is 9.91. The van der Waals surface area contributed by atoms with Crippen LogP contribution < -0.4 is 15.7 Å². The molecule has 2 aliphatic rings. The summed E-state index contributed by atoms with van der Waals surface area (Å²) in [5.74, 6) is 0. The molecule has 0 saturated heterocycles. The minimum Gasteiger partial charge on any atom is -0.456 e. The van der Waals surface area contributed by atoms with E-state index in [4.69, 9.17) is 8.83 Å². The van der Waals surface area contributed by atoms with Gasteiger partial charge in [0.1, 0.15) is 22.3 Å². The van der Waals surface area contributed by atoms with E-state index in [1.165, 1.54) is 71.7 Å². The second-order valence-electron chi connectivity index (χ2n) is 16.5. The molecule has 0 radical (unpaired) electrons. The molecule has 258 valence electrons.